The molecule has 0 saturated carbocycles. The maximum atomic E-state index is 12.6. The molecule has 2 rings (SSSR count). The number of benzene rings is 2. The van der Waals surface area contributed by atoms with Gasteiger partial charge in [0.05, 0.1) is 20.8 Å². The van der Waals surface area contributed by atoms with Crippen molar-refractivity contribution in [3.8, 4) is 11.5 Å². The number of nitrogens with one attached hydrogen (secondary N) is 1. The Morgan fingerprint density at radius 1 is 1.12 bits per heavy atom. The molecule has 26 heavy (non-hydrogen) atoms. The van der Waals surface area contributed by atoms with E-state index in [0.29, 0.717) is 36.6 Å². The number of hydrogen-bond donors (Lipinski definition) is 1. The van der Waals surface area contributed by atoms with Gasteiger partial charge in [0.1, 0.15) is 0 Å². The van der Waals surface area contributed by atoms with Crippen molar-refractivity contribution in [2.24, 2.45) is 0 Å². The van der Waals surface area contributed by atoms with Gasteiger partial charge < -0.3 is 19.5 Å². The second-order valence-electron chi connectivity index (χ2n) is 5.80. The molecule has 0 fully saturated rings. The van der Waals surface area contributed by atoms with Crippen LogP contribution in [0, 0.1) is 0 Å². The van der Waals surface area contributed by atoms with E-state index >= 15 is 0 Å². The average molecular weight is 355 g/mol. The lowest BCUT2D eigenvalue weighted by Crippen LogP contribution is -2.23. The molecule has 0 spiro atoms. The second kappa shape index (κ2) is 9.63. The van der Waals surface area contributed by atoms with Crippen LogP contribution in [0.2, 0.25) is 0 Å². The summed E-state index contributed by atoms with van der Waals surface area (Å²) in [6, 6.07) is 11.4. The van der Waals surface area contributed by atoms with Gasteiger partial charge in [0.15, 0.2) is 11.5 Å². The third kappa shape index (κ3) is 4.86. The van der Waals surface area contributed by atoms with Crippen LogP contribution in [0.1, 0.15) is 27.0 Å². The molecule has 0 aromatic heterocycles. The molecule has 0 unspecified atom stereocenters. The average Bonchev–Trinajstić information content (AvgIpc) is 2.66. The molecule has 0 aliphatic carbocycles. The van der Waals surface area contributed by atoms with Gasteiger partial charge in [-0.3, -0.25) is 4.79 Å². The van der Waals surface area contributed by atoms with Gasteiger partial charge in [-0.1, -0.05) is 30.3 Å². The van der Waals surface area contributed by atoms with E-state index < -0.39 is 0 Å². The molecule has 0 bridgehead atoms. The molecular weight excluding hydrogens is 330 g/mol. The number of hydrogen-bond acceptors (Lipinski definition) is 4. The van der Waals surface area contributed by atoms with E-state index in [2.05, 4.69) is 11.9 Å². The summed E-state index contributed by atoms with van der Waals surface area (Å²) < 4.78 is 15.9. The molecule has 1 N–H and O–H groups in total. The highest BCUT2D eigenvalue weighted by molar-refractivity contribution is 5.95. The Kier molecular flexibility index (Phi) is 7.24. The van der Waals surface area contributed by atoms with E-state index in [0.717, 1.165) is 16.7 Å². The first kappa shape index (κ1) is 19.5. The minimum atomic E-state index is -0.173. The lowest BCUT2D eigenvalue weighted by atomic mass is 10.0. The van der Waals surface area contributed by atoms with Crippen molar-refractivity contribution in [1.82, 2.24) is 5.32 Å². The Morgan fingerprint density at radius 3 is 2.54 bits per heavy atom. The molecule has 5 nitrogen and oxygen atoms in total. The fourth-order valence-corrected chi connectivity index (χ4v) is 2.76. The first-order valence-corrected chi connectivity index (χ1v) is 8.33. The van der Waals surface area contributed by atoms with Gasteiger partial charge in [0, 0.05) is 24.8 Å². The van der Waals surface area contributed by atoms with Crippen LogP contribution in [0.3, 0.4) is 0 Å². The number of allylic oxidation sites excluding steroid dienone is 1. The van der Waals surface area contributed by atoms with Gasteiger partial charge in [-0.2, -0.15) is 0 Å². The molecule has 2 aromatic carbocycles. The van der Waals surface area contributed by atoms with Gasteiger partial charge in [0.2, 0.25) is 0 Å². The van der Waals surface area contributed by atoms with E-state index in [1.807, 2.05) is 24.3 Å². The summed E-state index contributed by atoms with van der Waals surface area (Å²) in [5, 5.41) is 2.94. The highest BCUT2D eigenvalue weighted by Gasteiger charge is 2.15. The number of rotatable bonds is 9. The van der Waals surface area contributed by atoms with E-state index in [4.69, 9.17) is 14.2 Å². The molecule has 0 saturated heterocycles. The van der Waals surface area contributed by atoms with Crippen LogP contribution in [0.15, 0.2) is 49.1 Å². The fraction of sp³-hybridized carbons (Fsp3) is 0.286. The number of amides is 1. The van der Waals surface area contributed by atoms with Crippen molar-refractivity contribution in [1.29, 1.82) is 0 Å². The zero-order valence-electron chi connectivity index (χ0n) is 15.5. The van der Waals surface area contributed by atoms with Crippen LogP contribution in [0.4, 0.5) is 0 Å². The molecule has 0 heterocycles. The van der Waals surface area contributed by atoms with E-state index in [1.54, 1.807) is 39.5 Å². The summed E-state index contributed by atoms with van der Waals surface area (Å²) in [4.78, 5) is 12.6. The predicted molar refractivity (Wildman–Crippen MR) is 102 cm³/mol. The van der Waals surface area contributed by atoms with E-state index in [9.17, 15) is 4.79 Å². The number of carbonyl (C=O) groups excluding carboxylic acids is 1. The third-order valence-electron chi connectivity index (χ3n) is 3.94. The molecule has 2 aromatic rings. The maximum absolute atomic E-state index is 12.6. The normalized spacial score (nSPS) is 10.3. The molecular formula is C21H25NO4. The van der Waals surface area contributed by atoms with Crippen LogP contribution in [0.25, 0.3) is 0 Å². The van der Waals surface area contributed by atoms with Crippen molar-refractivity contribution in [3.63, 3.8) is 0 Å². The number of ether oxygens (including phenoxy) is 3. The Labute approximate surface area is 154 Å². The Balaban J connectivity index is 2.17. The standard InChI is InChI=1S/C21H25NO4/c1-5-7-17-11-18(12-19(25-3)20(17)26-4)21(23)22-13-15-8-6-9-16(10-15)14-24-2/h5-6,8-12H,1,7,13-14H2,2-4H3,(H,22,23). The monoisotopic (exact) mass is 355 g/mol. The SMILES string of the molecule is C=CCc1cc(C(=O)NCc2cccc(COC)c2)cc(OC)c1OC. The van der Waals surface area contributed by atoms with Gasteiger partial charge in [-0.15, -0.1) is 6.58 Å². The molecule has 138 valence electrons. The van der Waals surface area contributed by atoms with Gasteiger partial charge in [-0.05, 0) is 29.7 Å². The first-order valence-electron chi connectivity index (χ1n) is 8.33. The minimum Gasteiger partial charge on any atom is -0.493 e. The predicted octanol–water partition coefficient (Wildman–Crippen LogP) is 3.51. The summed E-state index contributed by atoms with van der Waals surface area (Å²) in [6.45, 7) is 4.73. The third-order valence-corrected chi connectivity index (χ3v) is 3.94. The van der Waals surface area contributed by atoms with Crippen molar-refractivity contribution in [2.75, 3.05) is 21.3 Å². The molecule has 1 amide bonds. The highest BCUT2D eigenvalue weighted by Crippen LogP contribution is 2.33. The molecule has 0 atom stereocenters. The number of carbonyl (C=O) groups is 1. The van der Waals surface area contributed by atoms with Gasteiger partial charge in [0.25, 0.3) is 5.91 Å². The summed E-state index contributed by atoms with van der Waals surface area (Å²) in [5.74, 6) is 0.976. The molecule has 5 heteroatoms. The highest BCUT2D eigenvalue weighted by atomic mass is 16.5. The van der Waals surface area contributed by atoms with Crippen molar-refractivity contribution < 1.29 is 19.0 Å². The van der Waals surface area contributed by atoms with Crippen LogP contribution in [-0.2, 0) is 24.3 Å². The summed E-state index contributed by atoms with van der Waals surface area (Å²) in [6.07, 6.45) is 2.35. The van der Waals surface area contributed by atoms with Crippen LogP contribution in [-0.4, -0.2) is 27.2 Å². The topological polar surface area (TPSA) is 56.8 Å². The smallest absolute Gasteiger partial charge is 0.251 e. The van der Waals surface area contributed by atoms with Crippen LogP contribution in [0.5, 0.6) is 11.5 Å². The zero-order chi connectivity index (χ0) is 18.9. The fourth-order valence-electron chi connectivity index (χ4n) is 2.76. The lowest BCUT2D eigenvalue weighted by Gasteiger charge is -2.14. The van der Waals surface area contributed by atoms with Gasteiger partial charge in [-0.25, -0.2) is 0 Å². The van der Waals surface area contributed by atoms with E-state index in [-0.39, 0.29) is 5.91 Å². The zero-order valence-corrected chi connectivity index (χ0v) is 15.5. The largest absolute Gasteiger partial charge is 0.493 e. The molecule has 0 radical (unpaired) electrons. The van der Waals surface area contributed by atoms with Crippen molar-refractivity contribution in [3.05, 3.63) is 71.3 Å². The second-order valence-corrected chi connectivity index (χ2v) is 5.80. The van der Waals surface area contributed by atoms with E-state index in [1.165, 1.54) is 0 Å². The summed E-state index contributed by atoms with van der Waals surface area (Å²) in [7, 11) is 4.79. The van der Waals surface area contributed by atoms with Crippen LogP contribution < -0.4 is 14.8 Å². The van der Waals surface area contributed by atoms with Crippen LogP contribution >= 0.6 is 0 Å². The quantitative estimate of drug-likeness (QED) is 0.700. The minimum absolute atomic E-state index is 0.173. The Hall–Kier alpha value is -2.79. The van der Waals surface area contributed by atoms with Crippen molar-refractivity contribution >= 4 is 5.91 Å². The Bertz CT molecular complexity index is 771. The molecule has 0 aliphatic rings. The maximum Gasteiger partial charge on any atom is 0.251 e. The van der Waals surface area contributed by atoms with Gasteiger partial charge >= 0.3 is 0 Å². The van der Waals surface area contributed by atoms with Crippen molar-refractivity contribution in [2.45, 2.75) is 19.6 Å². The molecule has 0 aliphatic heterocycles. The first-order chi connectivity index (χ1) is 12.6. The summed E-state index contributed by atoms with van der Waals surface area (Å²) >= 11 is 0. The Morgan fingerprint density at radius 2 is 1.88 bits per heavy atom. The number of methoxy groups -OCH3 is 3. The summed E-state index contributed by atoms with van der Waals surface area (Å²) in [5.41, 5.74) is 3.46. The lowest BCUT2D eigenvalue weighted by molar-refractivity contribution is 0.0950.